The molecule has 0 aromatic carbocycles. The highest BCUT2D eigenvalue weighted by Gasteiger charge is 2.13. The fraction of sp³-hybridized carbons (Fsp3) is 0.200. The van der Waals surface area contributed by atoms with Gasteiger partial charge in [0.15, 0.2) is 0 Å². The molecule has 0 radical (unpaired) electrons. The van der Waals surface area contributed by atoms with Gasteiger partial charge in [-0.1, -0.05) is 48.0 Å². The zero-order valence-corrected chi connectivity index (χ0v) is 17.7. The summed E-state index contributed by atoms with van der Waals surface area (Å²) in [5, 5.41) is 0.843. The van der Waals surface area contributed by atoms with E-state index in [0.29, 0.717) is 0 Å². The highest BCUT2D eigenvalue weighted by atomic mass is 35.5. The van der Waals surface area contributed by atoms with Crippen molar-refractivity contribution in [3.8, 4) is 0 Å². The number of nitrogens with zero attached hydrogens (tertiary/aromatic N) is 3. The molecule has 3 nitrogen and oxygen atoms in total. The standard InChI is InChI=1S/C25H24ClN3/c1-17-15-25(29(2)3)28-24-14-9-19(8-12-22(17)24)23-13-10-20(16-27-23)18-5-4-6-21(26)11-7-18/h4-5,7-11,13-16H,6,12H2,1-3H3. The average Bonchev–Trinajstić information content (AvgIpc) is 3.06. The lowest BCUT2D eigenvalue weighted by atomic mass is 10.0. The quantitative estimate of drug-likeness (QED) is 0.634. The lowest BCUT2D eigenvalue weighted by Crippen LogP contribution is -2.12. The molecule has 4 heteroatoms. The molecule has 0 aliphatic heterocycles. The van der Waals surface area contributed by atoms with Crippen LogP contribution in [0.15, 0.2) is 65.9 Å². The van der Waals surface area contributed by atoms with Crippen molar-refractivity contribution < 1.29 is 0 Å². The molecule has 0 atom stereocenters. The van der Waals surface area contributed by atoms with Crippen LogP contribution in [0.4, 0.5) is 5.82 Å². The summed E-state index contributed by atoms with van der Waals surface area (Å²) in [5.41, 5.74) is 7.87. The van der Waals surface area contributed by atoms with Gasteiger partial charge in [0.25, 0.3) is 0 Å². The smallest absolute Gasteiger partial charge is 0.128 e. The van der Waals surface area contributed by atoms with Crippen molar-refractivity contribution in [3.05, 3.63) is 94.0 Å². The molecule has 4 rings (SSSR count). The third kappa shape index (κ3) is 4.25. The number of hydrogen-bond acceptors (Lipinski definition) is 3. The van der Waals surface area contributed by atoms with Gasteiger partial charge in [-0.3, -0.25) is 4.98 Å². The summed E-state index contributed by atoms with van der Waals surface area (Å²) < 4.78 is 0. The van der Waals surface area contributed by atoms with Gasteiger partial charge in [0.1, 0.15) is 5.82 Å². The van der Waals surface area contributed by atoms with Crippen molar-refractivity contribution in [2.45, 2.75) is 19.8 Å². The molecular weight excluding hydrogens is 378 g/mol. The Kier molecular flexibility index (Phi) is 5.50. The summed E-state index contributed by atoms with van der Waals surface area (Å²) in [6, 6.07) is 6.34. The van der Waals surface area contributed by atoms with Crippen molar-refractivity contribution in [2.75, 3.05) is 19.0 Å². The molecule has 2 aromatic heterocycles. The van der Waals surface area contributed by atoms with Crippen molar-refractivity contribution in [1.29, 1.82) is 0 Å². The van der Waals surface area contributed by atoms with E-state index in [-0.39, 0.29) is 0 Å². The summed E-state index contributed by atoms with van der Waals surface area (Å²) in [5.74, 6) is 0.982. The number of pyridine rings is 2. The summed E-state index contributed by atoms with van der Waals surface area (Å²) in [6.45, 7) is 2.15. The molecular formula is C25H24ClN3. The Bertz CT molecular complexity index is 1080. The number of rotatable bonds is 3. The molecule has 2 aliphatic rings. The maximum atomic E-state index is 6.12. The Morgan fingerprint density at radius 3 is 2.62 bits per heavy atom. The molecule has 29 heavy (non-hydrogen) atoms. The van der Waals surface area contributed by atoms with E-state index in [1.165, 1.54) is 11.1 Å². The minimum Gasteiger partial charge on any atom is -0.363 e. The van der Waals surface area contributed by atoms with Crippen LogP contribution in [0.25, 0.3) is 17.2 Å². The Hall–Kier alpha value is -2.91. The van der Waals surface area contributed by atoms with Crippen LogP contribution >= 0.6 is 11.6 Å². The number of anilines is 1. The van der Waals surface area contributed by atoms with Crippen LogP contribution in [-0.4, -0.2) is 24.1 Å². The van der Waals surface area contributed by atoms with Crippen LogP contribution in [0.1, 0.15) is 34.5 Å². The van der Waals surface area contributed by atoms with Gasteiger partial charge in [-0.2, -0.15) is 0 Å². The van der Waals surface area contributed by atoms with E-state index < -0.39 is 0 Å². The Balaban J connectivity index is 1.61. The Labute approximate surface area is 177 Å². The van der Waals surface area contributed by atoms with E-state index in [9.17, 15) is 0 Å². The number of aromatic nitrogens is 2. The van der Waals surface area contributed by atoms with E-state index >= 15 is 0 Å². The minimum atomic E-state index is 0.772. The second kappa shape index (κ2) is 8.22. The molecule has 0 saturated carbocycles. The minimum absolute atomic E-state index is 0.772. The normalized spacial score (nSPS) is 15.7. The van der Waals surface area contributed by atoms with E-state index in [0.717, 1.165) is 51.8 Å². The largest absolute Gasteiger partial charge is 0.363 e. The number of fused-ring (bicyclic) bond motifs is 1. The monoisotopic (exact) mass is 401 g/mol. The van der Waals surface area contributed by atoms with Crippen LogP contribution in [-0.2, 0) is 6.42 Å². The summed E-state index contributed by atoms with van der Waals surface area (Å²) in [7, 11) is 4.04. The predicted molar refractivity (Wildman–Crippen MR) is 124 cm³/mol. The third-order valence-corrected chi connectivity index (χ3v) is 5.50. The van der Waals surface area contributed by atoms with Crippen LogP contribution in [0.3, 0.4) is 0 Å². The van der Waals surface area contributed by atoms with E-state index in [1.54, 1.807) is 0 Å². The van der Waals surface area contributed by atoms with Crippen molar-refractivity contribution in [2.24, 2.45) is 0 Å². The molecule has 0 fully saturated rings. The summed E-state index contributed by atoms with van der Waals surface area (Å²) in [6.07, 6.45) is 18.2. The van der Waals surface area contributed by atoms with Crippen molar-refractivity contribution >= 4 is 34.6 Å². The molecule has 0 saturated heterocycles. The zero-order chi connectivity index (χ0) is 20.4. The average molecular weight is 402 g/mol. The first-order chi connectivity index (χ1) is 14.0. The number of hydrogen-bond donors (Lipinski definition) is 0. The fourth-order valence-electron chi connectivity index (χ4n) is 3.51. The van der Waals surface area contributed by atoms with E-state index in [4.69, 9.17) is 21.6 Å². The molecule has 146 valence electrons. The Morgan fingerprint density at radius 1 is 1.00 bits per heavy atom. The first-order valence-corrected chi connectivity index (χ1v) is 10.1. The highest BCUT2D eigenvalue weighted by Crippen LogP contribution is 2.28. The summed E-state index contributed by atoms with van der Waals surface area (Å²) >= 11 is 6.12. The van der Waals surface area contributed by atoms with Crippen LogP contribution in [0.5, 0.6) is 0 Å². The molecule has 2 aliphatic carbocycles. The van der Waals surface area contributed by atoms with Crippen LogP contribution in [0.2, 0.25) is 0 Å². The van der Waals surface area contributed by atoms with Gasteiger partial charge >= 0.3 is 0 Å². The topological polar surface area (TPSA) is 29.0 Å². The number of halogens is 1. The molecule has 2 heterocycles. The van der Waals surface area contributed by atoms with Gasteiger partial charge < -0.3 is 4.90 Å². The maximum absolute atomic E-state index is 6.12. The SMILES string of the molecule is Cc1cc(N(C)C)nc2c1CC=C(c1ccc(C3=CC=C(Cl)CC=C3)cn1)C=C2. The van der Waals surface area contributed by atoms with Gasteiger partial charge in [-0.05, 0) is 59.9 Å². The van der Waals surface area contributed by atoms with E-state index in [2.05, 4.69) is 55.5 Å². The molecule has 0 N–H and O–H groups in total. The third-order valence-electron chi connectivity index (χ3n) is 5.22. The van der Waals surface area contributed by atoms with Gasteiger partial charge in [0.2, 0.25) is 0 Å². The highest BCUT2D eigenvalue weighted by molar-refractivity contribution is 6.29. The maximum Gasteiger partial charge on any atom is 0.128 e. The molecule has 0 unspecified atom stereocenters. The van der Waals surface area contributed by atoms with Crippen LogP contribution < -0.4 is 4.90 Å². The predicted octanol–water partition coefficient (Wildman–Crippen LogP) is 5.97. The molecule has 0 bridgehead atoms. The zero-order valence-electron chi connectivity index (χ0n) is 17.0. The van der Waals surface area contributed by atoms with Crippen molar-refractivity contribution in [1.82, 2.24) is 9.97 Å². The Morgan fingerprint density at radius 2 is 1.86 bits per heavy atom. The number of aryl methyl sites for hydroxylation is 1. The second-order valence-corrected chi connectivity index (χ2v) is 8.01. The lowest BCUT2D eigenvalue weighted by Gasteiger charge is -2.15. The fourth-order valence-corrected chi connectivity index (χ4v) is 3.66. The molecule has 0 amide bonds. The second-order valence-electron chi connectivity index (χ2n) is 7.53. The molecule has 0 spiro atoms. The van der Waals surface area contributed by atoms with Gasteiger partial charge in [0.05, 0.1) is 11.4 Å². The van der Waals surface area contributed by atoms with Gasteiger partial charge in [-0.15, -0.1) is 0 Å². The van der Waals surface area contributed by atoms with Crippen molar-refractivity contribution in [3.63, 3.8) is 0 Å². The number of allylic oxidation sites excluding steroid dienone is 9. The van der Waals surface area contributed by atoms with Crippen LogP contribution in [0, 0.1) is 6.92 Å². The molecule has 2 aromatic rings. The summed E-state index contributed by atoms with van der Waals surface area (Å²) in [4.78, 5) is 11.6. The van der Waals surface area contributed by atoms with Gasteiger partial charge in [0, 0.05) is 37.3 Å². The first kappa shape index (κ1) is 19.4. The van der Waals surface area contributed by atoms with E-state index in [1.807, 2.05) is 37.3 Å². The first-order valence-electron chi connectivity index (χ1n) is 9.77. The van der Waals surface area contributed by atoms with Gasteiger partial charge in [-0.25, -0.2) is 4.98 Å². The lowest BCUT2D eigenvalue weighted by molar-refractivity contribution is 1.03.